The summed E-state index contributed by atoms with van der Waals surface area (Å²) in [5.41, 5.74) is 3.30. The van der Waals surface area contributed by atoms with E-state index in [9.17, 15) is 0 Å². The van der Waals surface area contributed by atoms with Crippen molar-refractivity contribution >= 4 is 5.69 Å². The summed E-state index contributed by atoms with van der Waals surface area (Å²) in [4.78, 5) is 0. The zero-order chi connectivity index (χ0) is 7.47. The number of fused-ring (bicyclic) bond motifs is 3. The molecule has 0 bridgehead atoms. The van der Waals surface area contributed by atoms with Gasteiger partial charge in [-0.25, -0.2) is 0 Å². The van der Waals surface area contributed by atoms with Gasteiger partial charge >= 0.3 is 0 Å². The van der Waals surface area contributed by atoms with Gasteiger partial charge in [-0.15, -0.1) is 0 Å². The van der Waals surface area contributed by atoms with Crippen LogP contribution in [-0.4, -0.2) is 5.54 Å². The summed E-state index contributed by atoms with van der Waals surface area (Å²) in [5, 5.41) is 3.55. The lowest BCUT2D eigenvalue weighted by molar-refractivity contribution is 0.825. The molecule has 11 heavy (non-hydrogen) atoms. The second-order valence-electron chi connectivity index (χ2n) is 3.89. The van der Waals surface area contributed by atoms with E-state index in [1.54, 1.807) is 0 Å². The molecule has 1 saturated carbocycles. The van der Waals surface area contributed by atoms with Gasteiger partial charge in [0, 0.05) is 18.6 Å². The maximum Gasteiger partial charge on any atom is 0.0422 e. The molecular formula is C10H13N. The van der Waals surface area contributed by atoms with Crippen molar-refractivity contribution in [3.8, 4) is 0 Å². The Balaban J connectivity index is 0.000000563. The van der Waals surface area contributed by atoms with Crippen molar-refractivity contribution in [2.45, 2.75) is 24.8 Å². The van der Waals surface area contributed by atoms with Crippen molar-refractivity contribution in [2.75, 3.05) is 5.32 Å². The van der Waals surface area contributed by atoms with Crippen molar-refractivity contribution in [3.63, 3.8) is 0 Å². The van der Waals surface area contributed by atoms with E-state index in [4.69, 9.17) is 0 Å². The summed E-state index contributed by atoms with van der Waals surface area (Å²) < 4.78 is 0. The molecule has 0 radical (unpaired) electrons. The second-order valence-corrected chi connectivity index (χ2v) is 3.89. The lowest BCUT2D eigenvalue weighted by Crippen LogP contribution is -2.12. The van der Waals surface area contributed by atoms with Crippen molar-refractivity contribution in [1.29, 1.82) is 0 Å². The Hall–Kier alpha value is -0.980. The first kappa shape index (κ1) is 5.64. The molecule has 1 aromatic rings. The van der Waals surface area contributed by atoms with Crippen LogP contribution in [0, 0.1) is 0 Å². The molecule has 1 aliphatic heterocycles. The van der Waals surface area contributed by atoms with Crippen LogP contribution in [0.3, 0.4) is 0 Å². The quantitative estimate of drug-likeness (QED) is 0.594. The summed E-state index contributed by atoms with van der Waals surface area (Å²) in [6, 6.07) is 8.64. The molecule has 1 aromatic carbocycles. The smallest absolute Gasteiger partial charge is 0.0422 e. The Labute approximate surface area is 67.9 Å². The molecule has 1 nitrogen and oxygen atoms in total. The highest BCUT2D eigenvalue weighted by Crippen LogP contribution is 2.60. The van der Waals surface area contributed by atoms with Crippen molar-refractivity contribution < 1.29 is 1.43 Å². The molecule has 1 fully saturated rings. The van der Waals surface area contributed by atoms with Crippen LogP contribution in [0.25, 0.3) is 0 Å². The lowest BCUT2D eigenvalue weighted by Gasteiger charge is -2.07. The van der Waals surface area contributed by atoms with Crippen LogP contribution in [-0.2, 0) is 0 Å². The van der Waals surface area contributed by atoms with Gasteiger partial charge < -0.3 is 5.32 Å². The molecule has 0 amide bonds. The number of anilines is 1. The third-order valence-corrected chi connectivity index (χ3v) is 2.99. The number of benzene rings is 1. The van der Waals surface area contributed by atoms with E-state index in [1.807, 2.05) is 0 Å². The zero-order valence-electron chi connectivity index (χ0n) is 6.59. The van der Waals surface area contributed by atoms with Gasteiger partial charge in [0.1, 0.15) is 0 Å². The largest absolute Gasteiger partial charge is 0.379 e. The van der Waals surface area contributed by atoms with Gasteiger partial charge in [-0.3, -0.25) is 0 Å². The Bertz CT molecular complexity index is 323. The Morgan fingerprint density at radius 2 is 2.36 bits per heavy atom. The van der Waals surface area contributed by atoms with Crippen molar-refractivity contribution in [2.24, 2.45) is 0 Å². The standard InChI is InChI=1S/C10H11N.H2/c1-10-6-8(10)7-4-2-3-5-9(7)11-10;/h2-5,8,11H,6H2,1H3;1H. The van der Waals surface area contributed by atoms with Gasteiger partial charge in [0.2, 0.25) is 0 Å². The van der Waals surface area contributed by atoms with Gasteiger partial charge in [0.25, 0.3) is 0 Å². The van der Waals surface area contributed by atoms with Crippen LogP contribution in [0.4, 0.5) is 5.69 Å². The van der Waals surface area contributed by atoms with Crippen LogP contribution < -0.4 is 5.32 Å². The molecule has 1 N–H and O–H groups in total. The molecule has 1 aliphatic carbocycles. The maximum absolute atomic E-state index is 3.55. The predicted octanol–water partition coefficient (Wildman–Crippen LogP) is 2.60. The van der Waals surface area contributed by atoms with E-state index >= 15 is 0 Å². The highest BCUT2D eigenvalue weighted by atomic mass is 15.1. The van der Waals surface area contributed by atoms with Gasteiger partial charge in [0.15, 0.2) is 0 Å². The van der Waals surface area contributed by atoms with E-state index in [-0.39, 0.29) is 1.43 Å². The molecule has 2 atom stereocenters. The normalized spacial score (nSPS) is 37.4. The maximum atomic E-state index is 3.55. The number of nitrogens with one attached hydrogen (secondary N) is 1. The summed E-state index contributed by atoms with van der Waals surface area (Å²) in [5.74, 6) is 0.804. The van der Waals surface area contributed by atoms with Crippen molar-refractivity contribution in [1.82, 2.24) is 0 Å². The molecule has 58 valence electrons. The van der Waals surface area contributed by atoms with E-state index in [1.165, 1.54) is 17.7 Å². The average molecular weight is 147 g/mol. The molecule has 3 rings (SSSR count). The minimum Gasteiger partial charge on any atom is -0.379 e. The lowest BCUT2D eigenvalue weighted by atomic mass is 10.1. The minimum atomic E-state index is 0. The molecule has 1 heteroatoms. The molecule has 1 heterocycles. The number of hydrogen-bond donors (Lipinski definition) is 1. The highest BCUT2D eigenvalue weighted by Gasteiger charge is 2.56. The van der Waals surface area contributed by atoms with Crippen LogP contribution in [0.2, 0.25) is 0 Å². The number of rotatable bonds is 0. The topological polar surface area (TPSA) is 12.0 Å². The fourth-order valence-electron chi connectivity index (χ4n) is 2.18. The molecule has 0 saturated heterocycles. The Morgan fingerprint density at radius 1 is 1.55 bits per heavy atom. The highest BCUT2D eigenvalue weighted by molar-refractivity contribution is 5.66. The zero-order valence-corrected chi connectivity index (χ0v) is 6.59. The van der Waals surface area contributed by atoms with Crippen molar-refractivity contribution in [3.05, 3.63) is 29.8 Å². The second kappa shape index (κ2) is 1.45. The van der Waals surface area contributed by atoms with E-state index in [0.717, 1.165) is 5.92 Å². The fraction of sp³-hybridized carbons (Fsp3) is 0.400. The first-order chi connectivity index (χ1) is 5.30. The Kier molecular flexibility index (Phi) is 0.743. The van der Waals surface area contributed by atoms with Crippen LogP contribution in [0.15, 0.2) is 24.3 Å². The average Bonchev–Trinajstić information content (AvgIpc) is 2.56. The van der Waals surface area contributed by atoms with Crippen LogP contribution >= 0.6 is 0 Å². The molecule has 0 spiro atoms. The third-order valence-electron chi connectivity index (χ3n) is 2.99. The van der Waals surface area contributed by atoms with Gasteiger partial charge in [-0.05, 0) is 25.0 Å². The van der Waals surface area contributed by atoms with Crippen LogP contribution in [0.1, 0.15) is 26.3 Å². The van der Waals surface area contributed by atoms with Crippen LogP contribution in [0.5, 0.6) is 0 Å². The first-order valence-electron chi connectivity index (χ1n) is 4.17. The first-order valence-corrected chi connectivity index (χ1v) is 4.17. The molecular weight excluding hydrogens is 134 g/mol. The summed E-state index contributed by atoms with van der Waals surface area (Å²) >= 11 is 0. The fourth-order valence-corrected chi connectivity index (χ4v) is 2.18. The number of hydrogen-bond acceptors (Lipinski definition) is 1. The monoisotopic (exact) mass is 147 g/mol. The predicted molar refractivity (Wildman–Crippen MR) is 47.9 cm³/mol. The van der Waals surface area contributed by atoms with Gasteiger partial charge in [-0.2, -0.15) is 0 Å². The van der Waals surface area contributed by atoms with E-state index in [0.29, 0.717) is 5.54 Å². The van der Waals surface area contributed by atoms with E-state index < -0.39 is 0 Å². The Morgan fingerprint density at radius 3 is 3.18 bits per heavy atom. The SMILES string of the molecule is CC12CC1c1ccccc1N2.[HH]. The number of para-hydroxylation sites is 1. The molecule has 2 aliphatic rings. The summed E-state index contributed by atoms with van der Waals surface area (Å²) in [6.07, 6.45) is 1.32. The van der Waals surface area contributed by atoms with Gasteiger partial charge in [0.05, 0.1) is 0 Å². The summed E-state index contributed by atoms with van der Waals surface area (Å²) in [7, 11) is 0. The molecule has 0 aromatic heterocycles. The third kappa shape index (κ3) is 0.566. The van der Waals surface area contributed by atoms with Gasteiger partial charge in [-0.1, -0.05) is 18.2 Å². The molecule has 2 unspecified atom stereocenters. The van der Waals surface area contributed by atoms with E-state index in [2.05, 4.69) is 36.5 Å². The minimum absolute atomic E-state index is 0. The summed E-state index contributed by atoms with van der Waals surface area (Å²) in [6.45, 7) is 2.30.